The second-order valence-corrected chi connectivity index (χ2v) is 7.52. The third-order valence-corrected chi connectivity index (χ3v) is 5.36. The molecule has 124 valence electrons. The molecule has 2 rings (SSSR count). The molecule has 0 aromatic rings. The molecule has 1 aliphatic carbocycles. The van der Waals surface area contributed by atoms with Crippen molar-refractivity contribution in [2.75, 3.05) is 39.9 Å². The lowest BCUT2D eigenvalue weighted by atomic mass is 9.78. The van der Waals surface area contributed by atoms with Gasteiger partial charge in [-0.15, -0.1) is 0 Å². The molecule has 0 aromatic carbocycles. The van der Waals surface area contributed by atoms with Crippen molar-refractivity contribution in [1.82, 2.24) is 10.2 Å². The van der Waals surface area contributed by atoms with E-state index in [0.29, 0.717) is 0 Å². The van der Waals surface area contributed by atoms with Gasteiger partial charge in [0, 0.05) is 32.3 Å². The standard InChI is InChI=1S/C18H36N2O/c1-4-9-19-18-6-5-15(2)12-17(18)14-20(3)13-16-7-10-21-11-8-16/h15-19H,4-14H2,1-3H3. The molecule has 0 bridgehead atoms. The maximum Gasteiger partial charge on any atom is 0.0469 e. The maximum atomic E-state index is 5.48. The largest absolute Gasteiger partial charge is 0.381 e. The summed E-state index contributed by atoms with van der Waals surface area (Å²) in [6, 6.07) is 0.748. The summed E-state index contributed by atoms with van der Waals surface area (Å²) in [5.41, 5.74) is 0. The molecule has 3 nitrogen and oxygen atoms in total. The summed E-state index contributed by atoms with van der Waals surface area (Å²) in [4.78, 5) is 2.60. The minimum atomic E-state index is 0.748. The van der Waals surface area contributed by atoms with Crippen LogP contribution in [0.2, 0.25) is 0 Å². The molecule has 3 heteroatoms. The van der Waals surface area contributed by atoms with Crippen molar-refractivity contribution >= 4 is 0 Å². The van der Waals surface area contributed by atoms with Crippen LogP contribution in [0.3, 0.4) is 0 Å². The topological polar surface area (TPSA) is 24.5 Å². The molecule has 0 spiro atoms. The van der Waals surface area contributed by atoms with Gasteiger partial charge in [0.25, 0.3) is 0 Å². The normalized spacial score (nSPS) is 31.7. The lowest BCUT2D eigenvalue weighted by Gasteiger charge is -2.38. The highest BCUT2D eigenvalue weighted by Gasteiger charge is 2.29. The number of ether oxygens (including phenoxy) is 1. The van der Waals surface area contributed by atoms with Gasteiger partial charge in [-0.2, -0.15) is 0 Å². The van der Waals surface area contributed by atoms with E-state index in [4.69, 9.17) is 4.74 Å². The quantitative estimate of drug-likeness (QED) is 0.781. The summed E-state index contributed by atoms with van der Waals surface area (Å²) >= 11 is 0. The van der Waals surface area contributed by atoms with E-state index in [2.05, 4.69) is 31.1 Å². The molecule has 0 aromatic heterocycles. The van der Waals surface area contributed by atoms with E-state index in [0.717, 1.165) is 37.0 Å². The Kier molecular flexibility index (Phi) is 7.48. The van der Waals surface area contributed by atoms with Gasteiger partial charge >= 0.3 is 0 Å². The molecular formula is C18H36N2O. The molecule has 2 fully saturated rings. The van der Waals surface area contributed by atoms with E-state index in [9.17, 15) is 0 Å². The number of hydrogen-bond donors (Lipinski definition) is 1. The second kappa shape index (κ2) is 9.12. The lowest BCUT2D eigenvalue weighted by molar-refractivity contribution is 0.0510. The predicted octanol–water partition coefficient (Wildman–Crippen LogP) is 3.15. The van der Waals surface area contributed by atoms with E-state index in [1.807, 2.05) is 0 Å². The van der Waals surface area contributed by atoms with Crippen LogP contribution in [0.1, 0.15) is 52.4 Å². The minimum absolute atomic E-state index is 0.748. The van der Waals surface area contributed by atoms with Crippen LogP contribution in [0.25, 0.3) is 0 Å². The summed E-state index contributed by atoms with van der Waals surface area (Å²) in [5.74, 6) is 2.60. The molecule has 0 radical (unpaired) electrons. The van der Waals surface area contributed by atoms with Crippen molar-refractivity contribution < 1.29 is 4.74 Å². The first kappa shape index (κ1) is 17.2. The van der Waals surface area contributed by atoms with Crippen LogP contribution in [0.5, 0.6) is 0 Å². The smallest absolute Gasteiger partial charge is 0.0469 e. The van der Waals surface area contributed by atoms with Crippen LogP contribution in [0.4, 0.5) is 0 Å². The Morgan fingerprint density at radius 3 is 2.57 bits per heavy atom. The molecule has 3 unspecified atom stereocenters. The number of nitrogens with one attached hydrogen (secondary N) is 1. The molecule has 2 aliphatic rings. The zero-order valence-corrected chi connectivity index (χ0v) is 14.4. The minimum Gasteiger partial charge on any atom is -0.381 e. The van der Waals surface area contributed by atoms with Gasteiger partial charge in [-0.25, -0.2) is 0 Å². The molecule has 1 aliphatic heterocycles. The van der Waals surface area contributed by atoms with Crippen LogP contribution >= 0.6 is 0 Å². The predicted molar refractivity (Wildman–Crippen MR) is 89.6 cm³/mol. The third kappa shape index (κ3) is 5.88. The fourth-order valence-corrected chi connectivity index (χ4v) is 4.14. The molecule has 1 saturated heterocycles. The summed E-state index contributed by atoms with van der Waals surface area (Å²) in [6.07, 6.45) is 7.93. The Balaban J connectivity index is 1.78. The zero-order valence-electron chi connectivity index (χ0n) is 14.4. The highest BCUT2D eigenvalue weighted by molar-refractivity contribution is 4.85. The average molecular weight is 296 g/mol. The third-order valence-electron chi connectivity index (χ3n) is 5.36. The van der Waals surface area contributed by atoms with Gasteiger partial charge < -0.3 is 15.0 Å². The van der Waals surface area contributed by atoms with E-state index in [-0.39, 0.29) is 0 Å². The van der Waals surface area contributed by atoms with Crippen molar-refractivity contribution in [1.29, 1.82) is 0 Å². The Bertz CT molecular complexity index is 276. The highest BCUT2D eigenvalue weighted by Crippen LogP contribution is 2.30. The molecule has 1 N–H and O–H groups in total. The Morgan fingerprint density at radius 1 is 1.10 bits per heavy atom. The first-order chi connectivity index (χ1) is 10.2. The summed E-state index contributed by atoms with van der Waals surface area (Å²) in [7, 11) is 2.33. The fraction of sp³-hybridized carbons (Fsp3) is 1.00. The Hall–Kier alpha value is -0.120. The molecule has 3 atom stereocenters. The van der Waals surface area contributed by atoms with Gasteiger partial charge in [0.05, 0.1) is 0 Å². The number of nitrogens with zero attached hydrogens (tertiary/aromatic N) is 1. The van der Waals surface area contributed by atoms with E-state index >= 15 is 0 Å². The van der Waals surface area contributed by atoms with Gasteiger partial charge in [-0.05, 0) is 69.9 Å². The SMILES string of the molecule is CCCNC1CCC(C)CC1CN(C)CC1CCOCC1. The summed E-state index contributed by atoms with van der Waals surface area (Å²) < 4.78 is 5.48. The zero-order chi connectivity index (χ0) is 15.1. The highest BCUT2D eigenvalue weighted by atomic mass is 16.5. The molecule has 0 amide bonds. The first-order valence-electron chi connectivity index (χ1n) is 9.18. The second-order valence-electron chi connectivity index (χ2n) is 7.52. The van der Waals surface area contributed by atoms with Crippen LogP contribution in [-0.4, -0.2) is 50.8 Å². The monoisotopic (exact) mass is 296 g/mol. The number of rotatable bonds is 7. The van der Waals surface area contributed by atoms with Crippen molar-refractivity contribution in [3.63, 3.8) is 0 Å². The van der Waals surface area contributed by atoms with E-state index in [1.165, 1.54) is 58.2 Å². The van der Waals surface area contributed by atoms with Gasteiger partial charge in [0.2, 0.25) is 0 Å². The molecule has 1 heterocycles. The lowest BCUT2D eigenvalue weighted by Crippen LogP contribution is -2.46. The molecule has 1 saturated carbocycles. The van der Waals surface area contributed by atoms with E-state index < -0.39 is 0 Å². The van der Waals surface area contributed by atoms with Crippen LogP contribution in [0.15, 0.2) is 0 Å². The first-order valence-corrected chi connectivity index (χ1v) is 9.18. The Morgan fingerprint density at radius 2 is 1.86 bits per heavy atom. The Labute approximate surface area is 131 Å². The van der Waals surface area contributed by atoms with E-state index in [1.54, 1.807) is 0 Å². The van der Waals surface area contributed by atoms with Gasteiger partial charge in [-0.3, -0.25) is 0 Å². The number of hydrogen-bond acceptors (Lipinski definition) is 3. The van der Waals surface area contributed by atoms with Crippen LogP contribution < -0.4 is 5.32 Å². The van der Waals surface area contributed by atoms with Crippen LogP contribution in [-0.2, 0) is 4.74 Å². The molecular weight excluding hydrogens is 260 g/mol. The van der Waals surface area contributed by atoms with Crippen molar-refractivity contribution in [3.8, 4) is 0 Å². The maximum absolute atomic E-state index is 5.48. The summed E-state index contributed by atoms with van der Waals surface area (Å²) in [5, 5.41) is 3.80. The van der Waals surface area contributed by atoms with Gasteiger partial charge in [0.15, 0.2) is 0 Å². The van der Waals surface area contributed by atoms with Crippen molar-refractivity contribution in [3.05, 3.63) is 0 Å². The van der Waals surface area contributed by atoms with Gasteiger partial charge in [0.1, 0.15) is 0 Å². The molecule has 21 heavy (non-hydrogen) atoms. The fourth-order valence-electron chi connectivity index (χ4n) is 4.14. The summed E-state index contributed by atoms with van der Waals surface area (Å²) in [6.45, 7) is 10.3. The van der Waals surface area contributed by atoms with Crippen molar-refractivity contribution in [2.24, 2.45) is 17.8 Å². The average Bonchev–Trinajstić information content (AvgIpc) is 2.47. The van der Waals surface area contributed by atoms with Gasteiger partial charge in [-0.1, -0.05) is 13.8 Å². The van der Waals surface area contributed by atoms with Crippen molar-refractivity contribution in [2.45, 2.75) is 58.4 Å². The van der Waals surface area contributed by atoms with Crippen LogP contribution in [0, 0.1) is 17.8 Å².